The predicted octanol–water partition coefficient (Wildman–Crippen LogP) is 8.15. The first-order valence-corrected chi connectivity index (χ1v) is 14.0. The molecular weight excluding hydrogens is 396 g/mol. The van der Waals surface area contributed by atoms with E-state index in [0.29, 0.717) is 10.8 Å². The molecule has 2 heteroatoms. The van der Waals surface area contributed by atoms with Crippen molar-refractivity contribution in [1.29, 1.82) is 0 Å². The fraction of sp³-hybridized carbons (Fsp3) is 0.724. The first-order valence-electron chi connectivity index (χ1n) is 13.1. The summed E-state index contributed by atoms with van der Waals surface area (Å²) in [7, 11) is 0. The van der Waals surface area contributed by atoms with Gasteiger partial charge in [0, 0.05) is 10.7 Å². The molecule has 168 valence electrons. The zero-order chi connectivity index (χ0) is 21.1. The van der Waals surface area contributed by atoms with E-state index in [-0.39, 0.29) is 4.93 Å². The number of allylic oxidation sites excluding steroid dienone is 2. The van der Waals surface area contributed by atoms with E-state index in [4.69, 9.17) is 4.74 Å². The van der Waals surface area contributed by atoms with E-state index in [9.17, 15) is 0 Å². The van der Waals surface area contributed by atoms with E-state index >= 15 is 0 Å². The molecule has 4 saturated carbocycles. The summed E-state index contributed by atoms with van der Waals surface area (Å²) < 4.78 is 7.06. The number of rotatable bonds is 5. The summed E-state index contributed by atoms with van der Waals surface area (Å²) in [5, 5.41) is 0.845. The normalized spacial score (nSPS) is 44.2. The van der Waals surface area contributed by atoms with Gasteiger partial charge in [0.1, 0.15) is 4.93 Å². The summed E-state index contributed by atoms with van der Waals surface area (Å²) in [4.78, 5) is 0.0249. The Balaban J connectivity index is 1.30. The molecule has 0 saturated heterocycles. The monoisotopic (exact) mass is 436 g/mol. The molecule has 1 aromatic rings. The third kappa shape index (κ3) is 3.30. The summed E-state index contributed by atoms with van der Waals surface area (Å²) in [5.41, 5.74) is 3.99. The molecule has 0 radical (unpaired) electrons. The largest absolute Gasteiger partial charge is 0.359 e. The van der Waals surface area contributed by atoms with Gasteiger partial charge in [-0.1, -0.05) is 62.2 Å². The third-order valence-corrected chi connectivity index (χ3v) is 12.2. The maximum absolute atomic E-state index is 7.06. The molecular formula is C29H40OS. The van der Waals surface area contributed by atoms with Crippen molar-refractivity contribution < 1.29 is 4.74 Å². The van der Waals surface area contributed by atoms with E-state index < -0.39 is 0 Å². The van der Waals surface area contributed by atoms with E-state index in [2.05, 4.69) is 62.0 Å². The zero-order valence-electron chi connectivity index (χ0n) is 19.6. The van der Waals surface area contributed by atoms with Gasteiger partial charge in [-0.3, -0.25) is 0 Å². The van der Waals surface area contributed by atoms with Crippen molar-refractivity contribution >= 4 is 11.8 Å². The van der Waals surface area contributed by atoms with Crippen molar-refractivity contribution in [3.05, 3.63) is 47.5 Å². The smallest absolute Gasteiger partial charge is 0.120 e. The highest BCUT2D eigenvalue weighted by atomic mass is 32.2. The second-order valence-electron chi connectivity index (χ2n) is 11.8. The average Bonchev–Trinajstić information content (AvgIpc) is 3.55. The summed E-state index contributed by atoms with van der Waals surface area (Å²) >= 11 is 2.25. The minimum Gasteiger partial charge on any atom is -0.359 e. The molecule has 5 aliphatic rings. The molecule has 1 unspecified atom stereocenters. The molecule has 6 atom stereocenters. The molecule has 4 fully saturated rings. The number of benzene rings is 1. The van der Waals surface area contributed by atoms with Crippen LogP contribution in [0.15, 0.2) is 42.0 Å². The Kier molecular flexibility index (Phi) is 5.15. The molecule has 31 heavy (non-hydrogen) atoms. The quantitative estimate of drug-likeness (QED) is 0.340. The molecule has 5 aliphatic carbocycles. The number of hydrogen-bond donors (Lipinski definition) is 0. The second kappa shape index (κ2) is 7.66. The Morgan fingerprint density at radius 2 is 1.74 bits per heavy atom. The number of thioether (sulfide) groups is 1. The van der Waals surface area contributed by atoms with Gasteiger partial charge in [0.15, 0.2) is 0 Å². The molecule has 0 aromatic heterocycles. The van der Waals surface area contributed by atoms with Crippen molar-refractivity contribution in [1.82, 2.24) is 0 Å². The number of fused-ring (bicyclic) bond motifs is 5. The maximum atomic E-state index is 7.06. The first kappa shape index (κ1) is 20.8. The maximum Gasteiger partial charge on any atom is 0.120 e. The molecule has 6 rings (SSSR count). The van der Waals surface area contributed by atoms with Gasteiger partial charge in [-0.15, -0.1) is 11.8 Å². The van der Waals surface area contributed by atoms with Crippen LogP contribution in [0.2, 0.25) is 0 Å². The van der Waals surface area contributed by atoms with Crippen molar-refractivity contribution in [3.63, 3.8) is 0 Å². The van der Waals surface area contributed by atoms with Crippen molar-refractivity contribution in [2.75, 3.05) is 0 Å². The molecule has 0 aliphatic heterocycles. The van der Waals surface area contributed by atoms with Crippen LogP contribution in [-0.2, 0) is 11.3 Å². The summed E-state index contributed by atoms with van der Waals surface area (Å²) in [6.45, 7) is 6.06. The van der Waals surface area contributed by atoms with Gasteiger partial charge < -0.3 is 4.74 Å². The van der Waals surface area contributed by atoms with Crippen LogP contribution in [0.3, 0.4) is 0 Å². The second-order valence-corrected chi connectivity index (χ2v) is 13.4. The number of ether oxygens (including phenoxy) is 1. The van der Waals surface area contributed by atoms with Gasteiger partial charge in [-0.05, 0) is 92.9 Å². The SMILES string of the molecule is C[C@]12CCCCC1=CC[C@@H]1[C@H]2CC[C@@]2(C)[C@H]1CCC2(OCc1ccccc1)SC1CC1. The predicted molar refractivity (Wildman–Crippen MR) is 131 cm³/mol. The van der Waals surface area contributed by atoms with Crippen LogP contribution >= 0.6 is 11.8 Å². The van der Waals surface area contributed by atoms with Gasteiger partial charge in [-0.2, -0.15) is 0 Å². The van der Waals surface area contributed by atoms with E-state index in [1.807, 2.05) is 5.57 Å². The minimum absolute atomic E-state index is 0.0249. The topological polar surface area (TPSA) is 9.23 Å². The highest BCUT2D eigenvalue weighted by Gasteiger charge is 2.65. The molecule has 0 bridgehead atoms. The lowest BCUT2D eigenvalue weighted by molar-refractivity contribution is -0.113. The molecule has 1 aromatic carbocycles. The van der Waals surface area contributed by atoms with Crippen LogP contribution in [0, 0.1) is 28.6 Å². The van der Waals surface area contributed by atoms with Crippen LogP contribution in [-0.4, -0.2) is 10.2 Å². The van der Waals surface area contributed by atoms with Gasteiger partial charge in [0.25, 0.3) is 0 Å². The van der Waals surface area contributed by atoms with Gasteiger partial charge in [0.2, 0.25) is 0 Å². The van der Waals surface area contributed by atoms with Gasteiger partial charge in [0.05, 0.1) is 6.61 Å². The lowest BCUT2D eigenvalue weighted by Crippen LogP contribution is -2.54. The minimum atomic E-state index is 0.0249. The summed E-state index contributed by atoms with van der Waals surface area (Å²) in [6.07, 6.45) is 18.0. The van der Waals surface area contributed by atoms with E-state index in [1.165, 1.54) is 76.2 Å². The lowest BCUT2D eigenvalue weighted by Gasteiger charge is -2.59. The highest BCUT2D eigenvalue weighted by molar-refractivity contribution is 8.01. The van der Waals surface area contributed by atoms with Crippen molar-refractivity contribution in [2.24, 2.45) is 28.6 Å². The average molecular weight is 437 g/mol. The Hall–Kier alpha value is -0.730. The van der Waals surface area contributed by atoms with Crippen LogP contribution in [0.5, 0.6) is 0 Å². The van der Waals surface area contributed by atoms with E-state index in [0.717, 1.165) is 29.6 Å². The van der Waals surface area contributed by atoms with Crippen LogP contribution < -0.4 is 0 Å². The standard InChI is InChI=1S/C29H40OS/c1-27-17-7-6-10-22(27)11-14-24-25(27)15-18-28(2)26(24)16-19-29(28,31-23-12-13-23)30-20-21-8-4-3-5-9-21/h3-5,8-9,11,23-26H,6-7,10,12-20H2,1-2H3/t24-,25-,26+,27+,28+,29?/m1/s1. The molecule has 0 N–H and O–H groups in total. The number of hydrogen-bond acceptors (Lipinski definition) is 2. The van der Waals surface area contributed by atoms with Gasteiger partial charge in [-0.25, -0.2) is 0 Å². The zero-order valence-corrected chi connectivity index (χ0v) is 20.4. The molecule has 0 spiro atoms. The van der Waals surface area contributed by atoms with Gasteiger partial charge >= 0.3 is 0 Å². The van der Waals surface area contributed by atoms with Crippen LogP contribution in [0.1, 0.15) is 90.0 Å². The Bertz CT molecular complexity index is 844. The fourth-order valence-corrected chi connectivity index (χ4v) is 10.1. The highest BCUT2D eigenvalue weighted by Crippen LogP contribution is 2.71. The van der Waals surface area contributed by atoms with Crippen LogP contribution in [0.25, 0.3) is 0 Å². The van der Waals surface area contributed by atoms with Crippen LogP contribution in [0.4, 0.5) is 0 Å². The Morgan fingerprint density at radius 1 is 0.935 bits per heavy atom. The van der Waals surface area contributed by atoms with Crippen molar-refractivity contribution in [3.8, 4) is 0 Å². The summed E-state index contributed by atoms with van der Waals surface area (Å²) in [6, 6.07) is 10.9. The lowest BCUT2D eigenvalue weighted by atomic mass is 9.48. The summed E-state index contributed by atoms with van der Waals surface area (Å²) in [5.74, 6) is 2.64. The Labute approximate surface area is 193 Å². The molecule has 0 amide bonds. The molecule has 1 nitrogen and oxygen atoms in total. The fourth-order valence-electron chi connectivity index (χ4n) is 8.35. The third-order valence-electron chi connectivity index (χ3n) is 10.3. The van der Waals surface area contributed by atoms with E-state index in [1.54, 1.807) is 0 Å². The molecule has 0 heterocycles. The van der Waals surface area contributed by atoms with Crippen molar-refractivity contribution in [2.45, 2.75) is 101 Å². The first-order chi connectivity index (χ1) is 15.0. The Morgan fingerprint density at radius 3 is 2.55 bits per heavy atom.